The van der Waals surface area contributed by atoms with Crippen molar-refractivity contribution in [2.45, 2.75) is 115 Å². The highest BCUT2D eigenvalue weighted by atomic mass is 16.1. The Kier molecular flexibility index (Phi) is 7.04. The predicted octanol–water partition coefficient (Wildman–Crippen LogP) is 6.07. The smallest absolute Gasteiger partial charge is 0.270 e. The fourth-order valence-electron chi connectivity index (χ4n) is 4.78. The summed E-state index contributed by atoms with van der Waals surface area (Å²) in [6, 6.07) is 0.408. The van der Waals surface area contributed by atoms with E-state index in [4.69, 9.17) is 0 Å². The lowest BCUT2D eigenvalue weighted by atomic mass is 9.88. The van der Waals surface area contributed by atoms with Gasteiger partial charge in [0.1, 0.15) is 0 Å². The molecule has 0 radical (unpaired) electrons. The molecular weight excluding hydrogens is 296 g/mol. The molecule has 1 heterocycles. The van der Waals surface area contributed by atoms with Gasteiger partial charge < -0.3 is 5.10 Å². The summed E-state index contributed by atoms with van der Waals surface area (Å²) in [6.45, 7) is 0. The van der Waals surface area contributed by atoms with Crippen LogP contribution in [0.15, 0.2) is 11.0 Å². The molecule has 0 aromatic carbocycles. The summed E-state index contributed by atoms with van der Waals surface area (Å²) >= 11 is 0. The Bertz CT molecular complexity index is 512. The van der Waals surface area contributed by atoms with E-state index in [-0.39, 0.29) is 0 Å². The third kappa shape index (κ3) is 4.77. The highest BCUT2D eigenvalue weighted by Crippen LogP contribution is 2.30. The van der Waals surface area contributed by atoms with Gasteiger partial charge in [0, 0.05) is 11.8 Å². The predicted molar refractivity (Wildman–Crippen MR) is 101 cm³/mol. The number of rotatable bonds is 2. The van der Waals surface area contributed by atoms with Gasteiger partial charge in [-0.2, -0.15) is 0 Å². The maximum atomic E-state index is 13.0. The van der Waals surface area contributed by atoms with E-state index in [0.717, 1.165) is 5.56 Å². The van der Waals surface area contributed by atoms with Crippen LogP contribution in [0.5, 0.6) is 0 Å². The largest absolute Gasteiger partial charge is 0.302 e. The minimum absolute atomic E-state index is 0.294. The Morgan fingerprint density at radius 2 is 1.17 bits per heavy atom. The molecule has 0 spiro atoms. The van der Waals surface area contributed by atoms with E-state index in [0.29, 0.717) is 17.5 Å². The van der Waals surface area contributed by atoms with Crippen molar-refractivity contribution in [3.05, 3.63) is 22.1 Å². The van der Waals surface area contributed by atoms with Crippen LogP contribution < -0.4 is 5.56 Å². The highest BCUT2D eigenvalue weighted by molar-refractivity contribution is 5.12. The van der Waals surface area contributed by atoms with Gasteiger partial charge in [-0.25, -0.2) is 4.68 Å². The van der Waals surface area contributed by atoms with Crippen LogP contribution in [0.25, 0.3) is 0 Å². The van der Waals surface area contributed by atoms with Gasteiger partial charge in [-0.3, -0.25) is 4.79 Å². The van der Waals surface area contributed by atoms with E-state index in [1.807, 2.05) is 4.68 Å². The fraction of sp³-hybridized carbons (Fsp3) is 0.857. The molecular formula is C21H36N2O. The molecule has 0 unspecified atom stereocenters. The van der Waals surface area contributed by atoms with E-state index >= 15 is 0 Å². The first-order valence-electron chi connectivity index (χ1n) is 10.7. The van der Waals surface area contributed by atoms with Gasteiger partial charge in [-0.05, 0) is 31.6 Å². The van der Waals surface area contributed by atoms with Crippen LogP contribution in [-0.4, -0.2) is 9.78 Å². The molecule has 1 aromatic heterocycles. The minimum atomic E-state index is 0.294. The summed E-state index contributed by atoms with van der Waals surface area (Å²) in [5, 5.41) is 3.36. The quantitative estimate of drug-likeness (QED) is 0.701. The van der Waals surface area contributed by atoms with E-state index in [1.54, 1.807) is 0 Å². The molecule has 2 saturated carbocycles. The SMILES string of the molecule is O=c1c(C2CCCCCCCCC2)c[nH]n1C1CCCCCCC1. The molecule has 0 bridgehead atoms. The standard InChI is InChI=1S/C21H36N2O/c24-21-20(18-13-9-5-2-1-3-6-10-14-18)17-22-23(21)19-15-11-7-4-8-12-16-19/h17-19,22H,1-16H2. The van der Waals surface area contributed by atoms with Crippen molar-refractivity contribution in [1.82, 2.24) is 9.78 Å². The van der Waals surface area contributed by atoms with Gasteiger partial charge in [0.25, 0.3) is 5.56 Å². The van der Waals surface area contributed by atoms with Gasteiger partial charge in [0.2, 0.25) is 0 Å². The maximum absolute atomic E-state index is 13.0. The van der Waals surface area contributed by atoms with Gasteiger partial charge >= 0.3 is 0 Å². The first kappa shape index (κ1) is 17.8. The zero-order valence-electron chi connectivity index (χ0n) is 15.4. The lowest BCUT2D eigenvalue weighted by Crippen LogP contribution is -2.26. The normalized spacial score (nSPS) is 23.5. The Morgan fingerprint density at radius 3 is 1.71 bits per heavy atom. The summed E-state index contributed by atoms with van der Waals surface area (Å²) in [5.74, 6) is 0.488. The minimum Gasteiger partial charge on any atom is -0.302 e. The number of H-pyrrole nitrogens is 1. The molecule has 3 nitrogen and oxygen atoms in total. The number of aromatic nitrogens is 2. The molecule has 1 aromatic rings. The summed E-state index contributed by atoms with van der Waals surface area (Å²) in [6.07, 6.45) is 22.8. The average Bonchev–Trinajstić information content (AvgIpc) is 2.94. The molecule has 2 aliphatic carbocycles. The zero-order valence-corrected chi connectivity index (χ0v) is 15.4. The highest BCUT2D eigenvalue weighted by Gasteiger charge is 2.22. The topological polar surface area (TPSA) is 37.8 Å². The van der Waals surface area contributed by atoms with Crippen LogP contribution in [-0.2, 0) is 0 Å². The second-order valence-electron chi connectivity index (χ2n) is 8.15. The summed E-state index contributed by atoms with van der Waals surface area (Å²) in [7, 11) is 0. The monoisotopic (exact) mass is 332 g/mol. The van der Waals surface area contributed by atoms with Crippen molar-refractivity contribution in [2.24, 2.45) is 0 Å². The lowest BCUT2D eigenvalue weighted by molar-refractivity contribution is 0.340. The van der Waals surface area contributed by atoms with E-state index in [1.165, 1.54) is 103 Å². The average molecular weight is 333 g/mol. The third-order valence-electron chi connectivity index (χ3n) is 6.31. The van der Waals surface area contributed by atoms with Crippen molar-refractivity contribution >= 4 is 0 Å². The number of hydrogen-bond donors (Lipinski definition) is 1. The molecule has 3 rings (SSSR count). The lowest BCUT2D eigenvalue weighted by Gasteiger charge is -2.20. The van der Waals surface area contributed by atoms with E-state index < -0.39 is 0 Å². The van der Waals surface area contributed by atoms with Crippen LogP contribution >= 0.6 is 0 Å². The second-order valence-corrected chi connectivity index (χ2v) is 8.15. The van der Waals surface area contributed by atoms with Gasteiger partial charge in [0.15, 0.2) is 0 Å². The Balaban J connectivity index is 1.70. The van der Waals surface area contributed by atoms with Crippen molar-refractivity contribution < 1.29 is 0 Å². The first-order valence-corrected chi connectivity index (χ1v) is 10.7. The van der Waals surface area contributed by atoms with Crippen LogP contribution in [0.2, 0.25) is 0 Å². The van der Waals surface area contributed by atoms with E-state index in [2.05, 4.69) is 11.3 Å². The summed E-state index contributed by atoms with van der Waals surface area (Å²) in [5.41, 5.74) is 1.38. The molecule has 136 valence electrons. The zero-order chi connectivity index (χ0) is 16.6. The van der Waals surface area contributed by atoms with Gasteiger partial charge in [0.05, 0.1) is 6.04 Å². The van der Waals surface area contributed by atoms with Crippen molar-refractivity contribution in [3.63, 3.8) is 0 Å². The summed E-state index contributed by atoms with van der Waals surface area (Å²) in [4.78, 5) is 13.0. The number of nitrogens with zero attached hydrogens (tertiary/aromatic N) is 1. The molecule has 24 heavy (non-hydrogen) atoms. The number of hydrogen-bond acceptors (Lipinski definition) is 1. The second kappa shape index (κ2) is 9.48. The molecule has 0 aliphatic heterocycles. The number of aromatic amines is 1. The Hall–Kier alpha value is -0.990. The van der Waals surface area contributed by atoms with Gasteiger partial charge in [-0.1, -0.05) is 77.0 Å². The third-order valence-corrected chi connectivity index (χ3v) is 6.31. The Labute approximate surface area is 147 Å². The first-order chi connectivity index (χ1) is 11.9. The Morgan fingerprint density at radius 1 is 0.708 bits per heavy atom. The molecule has 2 fully saturated rings. The summed E-state index contributed by atoms with van der Waals surface area (Å²) < 4.78 is 1.99. The number of nitrogens with one attached hydrogen (secondary N) is 1. The van der Waals surface area contributed by atoms with Gasteiger partial charge in [-0.15, -0.1) is 0 Å². The molecule has 3 heteroatoms. The van der Waals surface area contributed by atoms with Crippen molar-refractivity contribution in [1.29, 1.82) is 0 Å². The van der Waals surface area contributed by atoms with Crippen LogP contribution in [0, 0.1) is 0 Å². The van der Waals surface area contributed by atoms with Crippen LogP contribution in [0.4, 0.5) is 0 Å². The maximum Gasteiger partial charge on any atom is 0.270 e. The van der Waals surface area contributed by atoms with Crippen LogP contribution in [0.3, 0.4) is 0 Å². The van der Waals surface area contributed by atoms with Crippen LogP contribution in [0.1, 0.15) is 120 Å². The molecule has 0 atom stereocenters. The van der Waals surface area contributed by atoms with Crippen molar-refractivity contribution in [3.8, 4) is 0 Å². The fourth-order valence-corrected chi connectivity index (χ4v) is 4.78. The molecule has 0 amide bonds. The molecule has 2 aliphatic rings. The molecule has 0 saturated heterocycles. The van der Waals surface area contributed by atoms with E-state index in [9.17, 15) is 4.79 Å². The van der Waals surface area contributed by atoms with Crippen molar-refractivity contribution in [2.75, 3.05) is 0 Å². The molecule has 1 N–H and O–H groups in total.